The van der Waals surface area contributed by atoms with E-state index in [4.69, 9.17) is 0 Å². The highest BCUT2D eigenvalue weighted by Crippen LogP contribution is 2.69. The number of hydrogen-bond acceptors (Lipinski definition) is 2. The lowest BCUT2D eigenvalue weighted by atomic mass is 9.43. The van der Waals surface area contributed by atoms with E-state index in [-0.39, 0.29) is 17.4 Å². The van der Waals surface area contributed by atoms with E-state index in [2.05, 4.69) is 13.8 Å². The number of fused-ring (bicyclic) bond motifs is 5. The van der Waals surface area contributed by atoms with Gasteiger partial charge in [-0.05, 0) is 87.4 Å². The van der Waals surface area contributed by atoms with Crippen LogP contribution in [0.25, 0.3) is 0 Å². The minimum Gasteiger partial charge on any atom is -0.393 e. The van der Waals surface area contributed by atoms with Crippen molar-refractivity contribution in [2.45, 2.75) is 96.7 Å². The summed E-state index contributed by atoms with van der Waals surface area (Å²) in [5, 5.41) is 22.2. The minimum atomic E-state index is -0.525. The van der Waals surface area contributed by atoms with Gasteiger partial charge in [-0.25, -0.2) is 0 Å². The van der Waals surface area contributed by atoms with Gasteiger partial charge in [-0.15, -0.1) is 0 Å². The third kappa shape index (κ3) is 2.00. The molecule has 0 saturated heterocycles. The Balaban J connectivity index is 1.68. The van der Waals surface area contributed by atoms with E-state index in [1.807, 2.05) is 6.92 Å². The Hall–Kier alpha value is -0.0800. The molecular formula is C21H36O2. The maximum absolute atomic E-state index is 11.9. The summed E-state index contributed by atoms with van der Waals surface area (Å²) in [5.41, 5.74) is -0.121. The molecular weight excluding hydrogens is 284 g/mol. The summed E-state index contributed by atoms with van der Waals surface area (Å²) < 4.78 is 0. The fourth-order valence-electron chi connectivity index (χ4n) is 8.08. The normalized spacial score (nSPS) is 57.3. The van der Waals surface area contributed by atoms with Gasteiger partial charge in [0.05, 0.1) is 11.7 Å². The van der Waals surface area contributed by atoms with E-state index in [0.717, 1.165) is 25.2 Å². The zero-order valence-corrected chi connectivity index (χ0v) is 15.4. The van der Waals surface area contributed by atoms with Crippen LogP contribution < -0.4 is 0 Å². The summed E-state index contributed by atoms with van der Waals surface area (Å²) in [5.74, 6) is 2.38. The molecule has 2 nitrogen and oxygen atoms in total. The van der Waals surface area contributed by atoms with Gasteiger partial charge in [-0.3, -0.25) is 0 Å². The second-order valence-electron chi connectivity index (χ2n) is 10.0. The molecule has 0 aliphatic heterocycles. The van der Waals surface area contributed by atoms with Crippen LogP contribution in [0.2, 0.25) is 0 Å². The van der Waals surface area contributed by atoms with Gasteiger partial charge in [0, 0.05) is 5.41 Å². The van der Waals surface area contributed by atoms with Crippen molar-refractivity contribution < 1.29 is 10.2 Å². The van der Waals surface area contributed by atoms with Gasteiger partial charge in [-0.1, -0.05) is 26.7 Å². The third-order valence-electron chi connectivity index (χ3n) is 9.42. The second kappa shape index (κ2) is 5.21. The van der Waals surface area contributed by atoms with Crippen molar-refractivity contribution in [2.75, 3.05) is 0 Å². The van der Waals surface area contributed by atoms with Crippen LogP contribution in [0.3, 0.4) is 0 Å². The Morgan fingerprint density at radius 3 is 2.39 bits per heavy atom. The molecule has 2 N–H and O–H groups in total. The SMILES string of the molecule is CC(O)[C@H]1CC[C@@]2(O)[C@@H]3CC[C@H]4CCCC[C@]4(C)[C@H]3CC[C@]12C. The molecule has 0 heterocycles. The average Bonchev–Trinajstić information content (AvgIpc) is 2.78. The highest BCUT2D eigenvalue weighted by atomic mass is 16.3. The maximum Gasteiger partial charge on any atom is 0.0735 e. The molecule has 0 aromatic heterocycles. The lowest BCUT2D eigenvalue weighted by Gasteiger charge is -2.63. The minimum absolute atomic E-state index is 0.0692. The summed E-state index contributed by atoms with van der Waals surface area (Å²) in [7, 11) is 0. The third-order valence-corrected chi connectivity index (χ3v) is 9.42. The smallest absolute Gasteiger partial charge is 0.0735 e. The largest absolute Gasteiger partial charge is 0.393 e. The molecule has 0 aromatic carbocycles. The van der Waals surface area contributed by atoms with Crippen molar-refractivity contribution in [1.29, 1.82) is 0 Å². The molecule has 0 amide bonds. The van der Waals surface area contributed by atoms with Gasteiger partial charge in [-0.2, -0.15) is 0 Å². The molecule has 0 radical (unpaired) electrons. The molecule has 4 saturated carbocycles. The van der Waals surface area contributed by atoms with Gasteiger partial charge in [0.25, 0.3) is 0 Å². The molecule has 4 aliphatic carbocycles. The van der Waals surface area contributed by atoms with Crippen molar-refractivity contribution in [3.05, 3.63) is 0 Å². The summed E-state index contributed by atoms with van der Waals surface area (Å²) in [6.07, 6.45) is 12.2. The lowest BCUT2D eigenvalue weighted by Crippen LogP contribution is -2.62. The highest BCUT2D eigenvalue weighted by Gasteiger charge is 2.67. The zero-order valence-electron chi connectivity index (χ0n) is 15.4. The van der Waals surface area contributed by atoms with Crippen LogP contribution in [0, 0.1) is 34.5 Å². The van der Waals surface area contributed by atoms with Crippen LogP contribution in [-0.2, 0) is 0 Å². The van der Waals surface area contributed by atoms with E-state index in [9.17, 15) is 10.2 Å². The Bertz CT molecular complexity index is 474. The lowest BCUT2D eigenvalue weighted by molar-refractivity contribution is -0.211. The Labute approximate surface area is 142 Å². The molecule has 4 rings (SSSR count). The molecule has 8 atom stereocenters. The first kappa shape index (κ1) is 16.4. The van der Waals surface area contributed by atoms with Gasteiger partial charge in [0.2, 0.25) is 0 Å². The summed E-state index contributed by atoms with van der Waals surface area (Å²) in [4.78, 5) is 0. The Morgan fingerprint density at radius 2 is 1.65 bits per heavy atom. The molecule has 4 fully saturated rings. The number of aliphatic hydroxyl groups excluding tert-OH is 1. The predicted octanol–water partition coefficient (Wildman–Crippen LogP) is 4.53. The molecule has 0 aromatic rings. The Kier molecular flexibility index (Phi) is 3.71. The van der Waals surface area contributed by atoms with Crippen LogP contribution in [0.5, 0.6) is 0 Å². The molecule has 0 bridgehead atoms. The molecule has 132 valence electrons. The molecule has 1 unspecified atom stereocenters. The Morgan fingerprint density at radius 1 is 0.870 bits per heavy atom. The highest BCUT2D eigenvalue weighted by molar-refractivity contribution is 5.17. The maximum atomic E-state index is 11.9. The average molecular weight is 321 g/mol. The van der Waals surface area contributed by atoms with E-state index < -0.39 is 5.60 Å². The van der Waals surface area contributed by atoms with E-state index in [0.29, 0.717) is 17.3 Å². The van der Waals surface area contributed by atoms with Crippen LogP contribution in [0.1, 0.15) is 85.0 Å². The van der Waals surface area contributed by atoms with E-state index in [1.165, 1.54) is 44.9 Å². The van der Waals surface area contributed by atoms with Crippen molar-refractivity contribution >= 4 is 0 Å². The van der Waals surface area contributed by atoms with Crippen LogP contribution >= 0.6 is 0 Å². The van der Waals surface area contributed by atoms with E-state index in [1.54, 1.807) is 0 Å². The van der Waals surface area contributed by atoms with Gasteiger partial charge < -0.3 is 10.2 Å². The van der Waals surface area contributed by atoms with Crippen molar-refractivity contribution in [3.63, 3.8) is 0 Å². The van der Waals surface area contributed by atoms with Gasteiger partial charge in [0.15, 0.2) is 0 Å². The van der Waals surface area contributed by atoms with Crippen molar-refractivity contribution in [2.24, 2.45) is 34.5 Å². The zero-order chi connectivity index (χ0) is 16.5. The quantitative estimate of drug-likeness (QED) is 0.745. The van der Waals surface area contributed by atoms with Gasteiger partial charge >= 0.3 is 0 Å². The van der Waals surface area contributed by atoms with Crippen LogP contribution in [0.15, 0.2) is 0 Å². The topological polar surface area (TPSA) is 40.5 Å². The first-order valence-corrected chi connectivity index (χ1v) is 10.2. The summed E-state index contributed by atoms with van der Waals surface area (Å²) in [6, 6.07) is 0. The standard InChI is InChI=1S/C21H36O2/c1-14(22)16-10-13-21(23)18-8-7-15-6-4-5-11-19(15,2)17(18)9-12-20(16,21)3/h14-18,22-23H,4-13H2,1-3H3/t14?,15-,16-,17+,18-,19+,20-,21-/m1/s1. The summed E-state index contributed by atoms with van der Waals surface area (Å²) in [6.45, 7) is 6.79. The second-order valence-corrected chi connectivity index (χ2v) is 10.0. The van der Waals surface area contributed by atoms with Crippen molar-refractivity contribution in [3.8, 4) is 0 Å². The van der Waals surface area contributed by atoms with E-state index >= 15 is 0 Å². The van der Waals surface area contributed by atoms with Gasteiger partial charge in [0.1, 0.15) is 0 Å². The predicted molar refractivity (Wildman–Crippen MR) is 93.0 cm³/mol. The number of hydrogen-bond donors (Lipinski definition) is 2. The van der Waals surface area contributed by atoms with Crippen LogP contribution in [-0.4, -0.2) is 21.9 Å². The van der Waals surface area contributed by atoms with Crippen molar-refractivity contribution in [1.82, 2.24) is 0 Å². The van der Waals surface area contributed by atoms with Crippen LogP contribution in [0.4, 0.5) is 0 Å². The molecule has 2 heteroatoms. The molecule has 0 spiro atoms. The number of aliphatic hydroxyl groups is 2. The summed E-state index contributed by atoms with van der Waals surface area (Å²) >= 11 is 0. The number of rotatable bonds is 1. The molecule has 4 aliphatic rings. The first-order chi connectivity index (χ1) is 10.8. The first-order valence-electron chi connectivity index (χ1n) is 10.2. The fraction of sp³-hybridized carbons (Fsp3) is 1.00. The monoisotopic (exact) mass is 320 g/mol. The molecule has 23 heavy (non-hydrogen) atoms. The fourth-order valence-corrected chi connectivity index (χ4v) is 8.08.